The lowest BCUT2D eigenvalue weighted by atomic mass is 10.1. The Hall–Kier alpha value is -2.89. The summed E-state index contributed by atoms with van der Waals surface area (Å²) in [6.07, 6.45) is 1.71. The highest BCUT2D eigenvalue weighted by molar-refractivity contribution is 6.17. The number of aryl methyl sites for hydroxylation is 1. The fourth-order valence-corrected chi connectivity index (χ4v) is 3.11. The normalized spacial score (nSPS) is 16.4. The van der Waals surface area contributed by atoms with Crippen LogP contribution in [0.4, 0.5) is 5.88 Å². The van der Waals surface area contributed by atoms with E-state index in [0.29, 0.717) is 29.3 Å². The summed E-state index contributed by atoms with van der Waals surface area (Å²) in [6.45, 7) is 5.24. The molecule has 6 nitrogen and oxygen atoms in total. The Labute approximate surface area is 139 Å². The van der Waals surface area contributed by atoms with Crippen LogP contribution < -0.4 is 5.32 Å². The van der Waals surface area contributed by atoms with Crippen molar-refractivity contribution in [2.45, 2.75) is 19.9 Å². The molecule has 0 fully saturated rings. The Morgan fingerprint density at radius 3 is 2.92 bits per heavy atom. The van der Waals surface area contributed by atoms with Crippen LogP contribution in [0.15, 0.2) is 44.7 Å². The first-order chi connectivity index (χ1) is 11.6. The lowest BCUT2D eigenvalue weighted by Crippen LogP contribution is -2.33. The molecule has 24 heavy (non-hydrogen) atoms. The van der Waals surface area contributed by atoms with Gasteiger partial charge in [0, 0.05) is 6.54 Å². The molecule has 0 spiro atoms. The quantitative estimate of drug-likeness (QED) is 0.944. The van der Waals surface area contributed by atoms with Crippen LogP contribution in [-0.2, 0) is 0 Å². The fourth-order valence-electron chi connectivity index (χ4n) is 3.11. The smallest absolute Gasteiger partial charge is 0.256 e. The molecule has 4 rings (SSSR count). The largest absolute Gasteiger partial charge is 0.442 e. The molecular formula is C18H18N4O2. The van der Waals surface area contributed by atoms with Gasteiger partial charge in [-0.3, -0.25) is 9.79 Å². The number of rotatable bonds is 3. The Balaban J connectivity index is 1.67. The van der Waals surface area contributed by atoms with Crippen molar-refractivity contribution in [2.75, 3.05) is 13.1 Å². The van der Waals surface area contributed by atoms with Crippen LogP contribution in [0.3, 0.4) is 0 Å². The second kappa shape index (κ2) is 5.63. The maximum absolute atomic E-state index is 12.9. The van der Waals surface area contributed by atoms with E-state index in [0.717, 1.165) is 17.9 Å². The first-order valence-electron chi connectivity index (χ1n) is 8.00. The summed E-state index contributed by atoms with van der Waals surface area (Å²) in [5.74, 6) is 1.63. The molecule has 0 unspecified atom stereocenters. The van der Waals surface area contributed by atoms with Crippen LogP contribution in [0, 0.1) is 6.92 Å². The number of carbonyl (C=O) groups excluding carboxylic acids is 1. The number of hydrogen-bond donors (Lipinski definition) is 1. The summed E-state index contributed by atoms with van der Waals surface area (Å²) in [4.78, 5) is 23.6. The number of amidine groups is 1. The molecule has 1 N–H and O–H groups in total. The van der Waals surface area contributed by atoms with Gasteiger partial charge in [-0.1, -0.05) is 30.3 Å². The number of furan rings is 1. The Morgan fingerprint density at radius 1 is 1.33 bits per heavy atom. The number of amides is 1. The second-order valence-corrected chi connectivity index (χ2v) is 5.96. The van der Waals surface area contributed by atoms with Crippen molar-refractivity contribution in [3.8, 4) is 0 Å². The standard InChI is InChI=1S/C18H18N4O2/c1-11(13-6-4-3-5-7-13)21-17(23)14-12(2)24-18-15(14)16-19-8-9-22(16)10-20-18/h3-7,10-11H,8-9H2,1-2H3,(H,21,23)/t11-/m0/s1. The van der Waals surface area contributed by atoms with Gasteiger partial charge in [0.1, 0.15) is 17.9 Å². The zero-order valence-electron chi connectivity index (χ0n) is 13.6. The number of fused-ring (bicyclic) bond motifs is 3. The lowest BCUT2D eigenvalue weighted by molar-refractivity contribution is 0.0938. The highest BCUT2D eigenvalue weighted by Crippen LogP contribution is 2.34. The van der Waals surface area contributed by atoms with Crippen molar-refractivity contribution < 1.29 is 9.21 Å². The van der Waals surface area contributed by atoms with Crippen LogP contribution in [0.25, 0.3) is 0 Å². The molecule has 0 saturated heterocycles. The number of aliphatic imine (C=N–C) groups is 2. The van der Waals surface area contributed by atoms with Crippen molar-refractivity contribution in [2.24, 2.45) is 9.98 Å². The third-order valence-corrected chi connectivity index (χ3v) is 4.35. The monoisotopic (exact) mass is 322 g/mol. The molecule has 0 saturated carbocycles. The number of hydrogen-bond acceptors (Lipinski definition) is 5. The van der Waals surface area contributed by atoms with Crippen LogP contribution >= 0.6 is 0 Å². The molecule has 0 bridgehead atoms. The van der Waals surface area contributed by atoms with Crippen LogP contribution in [0.2, 0.25) is 0 Å². The molecule has 0 aliphatic carbocycles. The third-order valence-electron chi connectivity index (χ3n) is 4.35. The molecule has 3 heterocycles. The molecule has 6 heteroatoms. The van der Waals surface area contributed by atoms with E-state index in [1.54, 1.807) is 13.3 Å². The Morgan fingerprint density at radius 2 is 2.12 bits per heavy atom. The van der Waals surface area contributed by atoms with E-state index in [4.69, 9.17) is 4.42 Å². The van der Waals surface area contributed by atoms with Crippen LogP contribution in [0.1, 0.15) is 40.2 Å². The van der Waals surface area contributed by atoms with Gasteiger partial charge in [0.2, 0.25) is 5.88 Å². The molecule has 1 atom stereocenters. The van der Waals surface area contributed by atoms with E-state index < -0.39 is 0 Å². The van der Waals surface area contributed by atoms with Gasteiger partial charge >= 0.3 is 0 Å². The minimum absolute atomic E-state index is 0.0997. The minimum atomic E-state index is -0.166. The zero-order valence-corrected chi connectivity index (χ0v) is 13.6. The van der Waals surface area contributed by atoms with Gasteiger partial charge in [0.15, 0.2) is 0 Å². The number of benzene rings is 1. The Bertz CT molecular complexity index is 851. The van der Waals surface area contributed by atoms with E-state index in [2.05, 4.69) is 15.3 Å². The van der Waals surface area contributed by atoms with Crippen molar-refractivity contribution >= 4 is 24.0 Å². The third kappa shape index (κ3) is 2.31. The summed E-state index contributed by atoms with van der Waals surface area (Å²) in [6, 6.07) is 9.77. The average Bonchev–Trinajstić information content (AvgIpc) is 3.18. The van der Waals surface area contributed by atoms with E-state index in [9.17, 15) is 4.79 Å². The SMILES string of the molecule is Cc1oc2c(c1C(=O)N[C@@H](C)c1ccccc1)C1=NCCN1C=N2. The predicted octanol–water partition coefficient (Wildman–Crippen LogP) is 2.81. The molecule has 1 amide bonds. The fraction of sp³-hybridized carbons (Fsp3) is 0.278. The van der Waals surface area contributed by atoms with Gasteiger partial charge in [0.25, 0.3) is 5.91 Å². The zero-order chi connectivity index (χ0) is 16.7. The van der Waals surface area contributed by atoms with Crippen molar-refractivity contribution in [1.82, 2.24) is 10.2 Å². The maximum Gasteiger partial charge on any atom is 0.256 e. The van der Waals surface area contributed by atoms with Gasteiger partial charge in [-0.2, -0.15) is 0 Å². The molecule has 2 aliphatic heterocycles. The number of carbonyl (C=O) groups is 1. The second-order valence-electron chi connectivity index (χ2n) is 5.96. The van der Waals surface area contributed by atoms with E-state index >= 15 is 0 Å². The van der Waals surface area contributed by atoms with Gasteiger partial charge in [0.05, 0.1) is 23.7 Å². The van der Waals surface area contributed by atoms with Gasteiger partial charge in [-0.15, -0.1) is 0 Å². The molecule has 1 aromatic carbocycles. The van der Waals surface area contributed by atoms with Gasteiger partial charge in [-0.25, -0.2) is 4.99 Å². The summed E-state index contributed by atoms with van der Waals surface area (Å²) < 4.78 is 5.69. The lowest BCUT2D eigenvalue weighted by Gasteiger charge is -2.19. The summed E-state index contributed by atoms with van der Waals surface area (Å²) in [7, 11) is 0. The molecular weight excluding hydrogens is 304 g/mol. The van der Waals surface area contributed by atoms with Crippen LogP contribution in [0.5, 0.6) is 0 Å². The van der Waals surface area contributed by atoms with Crippen molar-refractivity contribution in [3.63, 3.8) is 0 Å². The summed E-state index contributed by atoms with van der Waals surface area (Å²) in [5.41, 5.74) is 2.28. The highest BCUT2D eigenvalue weighted by Gasteiger charge is 2.33. The summed E-state index contributed by atoms with van der Waals surface area (Å²) in [5, 5.41) is 3.05. The minimum Gasteiger partial charge on any atom is -0.442 e. The topological polar surface area (TPSA) is 70.2 Å². The van der Waals surface area contributed by atoms with Crippen molar-refractivity contribution in [3.05, 3.63) is 52.8 Å². The molecule has 0 radical (unpaired) electrons. The summed E-state index contributed by atoms with van der Waals surface area (Å²) >= 11 is 0. The Kier molecular flexibility index (Phi) is 3.45. The van der Waals surface area contributed by atoms with Crippen molar-refractivity contribution in [1.29, 1.82) is 0 Å². The molecule has 1 aromatic heterocycles. The number of nitrogens with zero attached hydrogens (tertiary/aromatic N) is 3. The first kappa shape index (κ1) is 14.7. The van der Waals surface area contributed by atoms with Gasteiger partial charge in [-0.05, 0) is 19.4 Å². The highest BCUT2D eigenvalue weighted by atomic mass is 16.4. The average molecular weight is 322 g/mol. The number of nitrogens with one attached hydrogen (secondary N) is 1. The first-order valence-corrected chi connectivity index (χ1v) is 8.00. The van der Waals surface area contributed by atoms with Gasteiger partial charge < -0.3 is 14.6 Å². The molecule has 2 aliphatic rings. The van der Waals surface area contributed by atoms with Crippen LogP contribution in [-0.4, -0.2) is 36.1 Å². The van der Waals surface area contributed by atoms with E-state index in [1.807, 2.05) is 42.2 Å². The van der Waals surface area contributed by atoms with E-state index in [1.165, 1.54) is 0 Å². The molecule has 2 aromatic rings. The van der Waals surface area contributed by atoms with E-state index in [-0.39, 0.29) is 11.9 Å². The molecule has 122 valence electrons. The maximum atomic E-state index is 12.9. The predicted molar refractivity (Wildman–Crippen MR) is 92.0 cm³/mol.